The van der Waals surface area contributed by atoms with Gasteiger partial charge in [0.1, 0.15) is 5.75 Å². The van der Waals surface area contributed by atoms with Crippen LogP contribution in [0.3, 0.4) is 0 Å². The molecule has 0 bridgehead atoms. The molecule has 7 heteroatoms. The van der Waals surface area contributed by atoms with E-state index in [-0.39, 0.29) is 5.91 Å². The first-order valence-corrected chi connectivity index (χ1v) is 8.07. The number of rotatable bonds is 5. The summed E-state index contributed by atoms with van der Waals surface area (Å²) in [5.41, 5.74) is 2.03. The molecule has 1 amide bonds. The number of halogens is 2. The van der Waals surface area contributed by atoms with Crippen LogP contribution in [0.1, 0.15) is 16.1 Å². The third kappa shape index (κ3) is 3.63. The first-order chi connectivity index (χ1) is 11.6. The molecule has 0 aliphatic carbocycles. The number of pyridine rings is 1. The van der Waals surface area contributed by atoms with Crippen LogP contribution in [0.4, 0.5) is 0 Å². The van der Waals surface area contributed by atoms with E-state index in [1.54, 1.807) is 48.0 Å². The van der Waals surface area contributed by atoms with Gasteiger partial charge in [0.05, 0.1) is 22.8 Å². The number of hydrogen-bond acceptors (Lipinski definition) is 3. The standard InChI is InChI=1S/C17H15Cl2N3O2/c1-24-14-4-2-3-11(7-14)17(23)20-6-5-13-10-22-9-12(18)8-15(19)16(22)21-13/h2-4,7-10H,5-6H2,1H3,(H,20,23). The zero-order valence-corrected chi connectivity index (χ0v) is 14.4. The molecular formula is C17H15Cl2N3O2. The lowest BCUT2D eigenvalue weighted by molar-refractivity contribution is 0.0953. The molecule has 2 heterocycles. The molecule has 124 valence electrons. The van der Waals surface area contributed by atoms with E-state index in [9.17, 15) is 4.79 Å². The van der Waals surface area contributed by atoms with Gasteiger partial charge in [-0.2, -0.15) is 0 Å². The number of hydrogen-bond donors (Lipinski definition) is 1. The van der Waals surface area contributed by atoms with Crippen LogP contribution in [0.25, 0.3) is 5.65 Å². The molecule has 0 saturated carbocycles. The lowest BCUT2D eigenvalue weighted by Gasteiger charge is -2.05. The molecule has 0 unspecified atom stereocenters. The lowest BCUT2D eigenvalue weighted by Crippen LogP contribution is -2.25. The van der Waals surface area contributed by atoms with E-state index in [1.807, 2.05) is 6.20 Å². The van der Waals surface area contributed by atoms with Gasteiger partial charge in [-0.1, -0.05) is 29.3 Å². The summed E-state index contributed by atoms with van der Waals surface area (Å²) < 4.78 is 6.90. The third-order valence-electron chi connectivity index (χ3n) is 3.52. The summed E-state index contributed by atoms with van der Waals surface area (Å²) in [4.78, 5) is 16.6. The maximum atomic E-state index is 12.1. The van der Waals surface area contributed by atoms with Crippen LogP contribution in [0.5, 0.6) is 5.75 Å². The van der Waals surface area contributed by atoms with Crippen LogP contribution in [-0.2, 0) is 6.42 Å². The van der Waals surface area contributed by atoms with Gasteiger partial charge in [0.15, 0.2) is 5.65 Å². The van der Waals surface area contributed by atoms with Gasteiger partial charge in [0.25, 0.3) is 5.91 Å². The molecule has 3 aromatic rings. The normalized spacial score (nSPS) is 10.8. The first kappa shape index (κ1) is 16.6. The van der Waals surface area contributed by atoms with E-state index in [0.717, 1.165) is 5.69 Å². The molecule has 0 atom stereocenters. The number of aromatic nitrogens is 2. The lowest BCUT2D eigenvalue weighted by atomic mass is 10.2. The van der Waals surface area contributed by atoms with Crippen LogP contribution in [-0.4, -0.2) is 28.9 Å². The van der Waals surface area contributed by atoms with Crippen LogP contribution < -0.4 is 10.1 Å². The number of carbonyl (C=O) groups is 1. The fraction of sp³-hybridized carbons (Fsp3) is 0.176. The van der Waals surface area contributed by atoms with Gasteiger partial charge in [-0.25, -0.2) is 4.98 Å². The largest absolute Gasteiger partial charge is 0.497 e. The summed E-state index contributed by atoms with van der Waals surface area (Å²) in [6.07, 6.45) is 4.18. The zero-order chi connectivity index (χ0) is 17.1. The van der Waals surface area contributed by atoms with Crippen LogP contribution in [0.15, 0.2) is 42.7 Å². The smallest absolute Gasteiger partial charge is 0.251 e. The van der Waals surface area contributed by atoms with Crippen molar-refractivity contribution >= 4 is 34.8 Å². The van der Waals surface area contributed by atoms with Gasteiger partial charge in [-0.05, 0) is 24.3 Å². The number of fused-ring (bicyclic) bond motifs is 1. The zero-order valence-electron chi connectivity index (χ0n) is 12.9. The Balaban J connectivity index is 1.63. The number of ether oxygens (including phenoxy) is 1. The molecule has 0 radical (unpaired) electrons. The Bertz CT molecular complexity index is 893. The molecule has 0 saturated heterocycles. The minimum Gasteiger partial charge on any atom is -0.497 e. The van der Waals surface area contributed by atoms with Gasteiger partial charge in [0, 0.05) is 30.9 Å². The number of nitrogens with zero attached hydrogens (tertiary/aromatic N) is 2. The number of carbonyl (C=O) groups excluding carboxylic acids is 1. The average Bonchev–Trinajstić information content (AvgIpc) is 2.98. The molecule has 0 aliphatic rings. The summed E-state index contributed by atoms with van der Waals surface area (Å²) in [5, 5.41) is 3.91. The van der Waals surface area contributed by atoms with Crippen molar-refractivity contribution in [1.29, 1.82) is 0 Å². The average molecular weight is 364 g/mol. The van der Waals surface area contributed by atoms with E-state index in [0.29, 0.717) is 40.0 Å². The molecule has 0 aliphatic heterocycles. The number of imidazole rings is 1. The van der Waals surface area contributed by atoms with Crippen molar-refractivity contribution in [1.82, 2.24) is 14.7 Å². The minimum absolute atomic E-state index is 0.154. The second-order valence-electron chi connectivity index (χ2n) is 5.21. The predicted octanol–water partition coefficient (Wildman–Crippen LogP) is 3.62. The fourth-order valence-electron chi connectivity index (χ4n) is 2.37. The van der Waals surface area contributed by atoms with Crippen LogP contribution >= 0.6 is 23.2 Å². The predicted molar refractivity (Wildman–Crippen MR) is 94.2 cm³/mol. The van der Waals surface area contributed by atoms with Crippen molar-refractivity contribution < 1.29 is 9.53 Å². The Kier molecular flexibility index (Phi) is 4.92. The van der Waals surface area contributed by atoms with E-state index >= 15 is 0 Å². The molecule has 0 fully saturated rings. The summed E-state index contributed by atoms with van der Waals surface area (Å²) in [5.74, 6) is 0.494. The highest BCUT2D eigenvalue weighted by Gasteiger charge is 2.09. The summed E-state index contributed by atoms with van der Waals surface area (Å²) in [6.45, 7) is 0.464. The number of amides is 1. The molecule has 0 spiro atoms. The third-order valence-corrected chi connectivity index (χ3v) is 4.01. The van der Waals surface area contributed by atoms with Crippen LogP contribution in [0.2, 0.25) is 10.0 Å². The van der Waals surface area contributed by atoms with Crippen LogP contribution in [0, 0.1) is 0 Å². The molecule has 1 N–H and O–H groups in total. The Morgan fingerprint density at radius 2 is 2.12 bits per heavy atom. The van der Waals surface area contributed by atoms with Crippen molar-refractivity contribution in [2.75, 3.05) is 13.7 Å². The maximum Gasteiger partial charge on any atom is 0.251 e. The molecule has 1 aromatic carbocycles. The Hall–Kier alpha value is -2.24. The van der Waals surface area contributed by atoms with Crippen molar-refractivity contribution in [3.8, 4) is 5.75 Å². The maximum absolute atomic E-state index is 12.1. The van der Waals surface area contributed by atoms with Gasteiger partial charge in [-0.15, -0.1) is 0 Å². The highest BCUT2D eigenvalue weighted by Crippen LogP contribution is 2.21. The second-order valence-corrected chi connectivity index (χ2v) is 6.05. The number of nitrogens with one attached hydrogen (secondary N) is 1. The quantitative estimate of drug-likeness (QED) is 0.752. The molecular weight excluding hydrogens is 349 g/mol. The summed E-state index contributed by atoms with van der Waals surface area (Å²) in [7, 11) is 1.57. The van der Waals surface area contributed by atoms with Crippen molar-refractivity contribution in [3.05, 3.63) is 64.0 Å². The number of methoxy groups -OCH3 is 1. The van der Waals surface area contributed by atoms with E-state index < -0.39 is 0 Å². The van der Waals surface area contributed by atoms with E-state index in [4.69, 9.17) is 27.9 Å². The molecule has 5 nitrogen and oxygen atoms in total. The van der Waals surface area contributed by atoms with Crippen molar-refractivity contribution in [2.24, 2.45) is 0 Å². The Labute approximate surface area is 149 Å². The monoisotopic (exact) mass is 363 g/mol. The minimum atomic E-state index is -0.154. The van der Waals surface area contributed by atoms with Gasteiger partial charge < -0.3 is 14.5 Å². The van der Waals surface area contributed by atoms with Gasteiger partial charge in [0.2, 0.25) is 0 Å². The van der Waals surface area contributed by atoms with Gasteiger partial charge >= 0.3 is 0 Å². The highest BCUT2D eigenvalue weighted by atomic mass is 35.5. The van der Waals surface area contributed by atoms with Crippen molar-refractivity contribution in [3.63, 3.8) is 0 Å². The topological polar surface area (TPSA) is 55.6 Å². The Morgan fingerprint density at radius 3 is 2.92 bits per heavy atom. The second kappa shape index (κ2) is 7.11. The van der Waals surface area contributed by atoms with E-state index in [2.05, 4.69) is 10.3 Å². The van der Waals surface area contributed by atoms with E-state index in [1.165, 1.54) is 0 Å². The molecule has 2 aromatic heterocycles. The summed E-state index contributed by atoms with van der Waals surface area (Å²) in [6, 6.07) is 8.66. The fourth-order valence-corrected chi connectivity index (χ4v) is 2.89. The van der Waals surface area contributed by atoms with Crippen molar-refractivity contribution in [2.45, 2.75) is 6.42 Å². The number of benzene rings is 1. The first-order valence-electron chi connectivity index (χ1n) is 7.31. The SMILES string of the molecule is COc1cccc(C(=O)NCCc2cn3cc(Cl)cc(Cl)c3n2)c1. The molecule has 24 heavy (non-hydrogen) atoms. The molecule has 3 rings (SSSR count). The Morgan fingerprint density at radius 1 is 1.29 bits per heavy atom. The summed E-state index contributed by atoms with van der Waals surface area (Å²) >= 11 is 12.1. The highest BCUT2D eigenvalue weighted by molar-refractivity contribution is 6.36. The van der Waals surface area contributed by atoms with Gasteiger partial charge in [-0.3, -0.25) is 4.79 Å².